The van der Waals surface area contributed by atoms with Crippen LogP contribution in [-0.2, 0) is 4.79 Å². The number of hydrogen-bond donors (Lipinski definition) is 2. The van der Waals surface area contributed by atoms with Crippen LogP contribution in [0.1, 0.15) is 22.3 Å². The van der Waals surface area contributed by atoms with E-state index in [0.717, 1.165) is 33.8 Å². The third kappa shape index (κ3) is 6.20. The summed E-state index contributed by atoms with van der Waals surface area (Å²) in [5.41, 5.74) is 4.60. The summed E-state index contributed by atoms with van der Waals surface area (Å²) in [6.45, 7) is 3.27. The molecule has 0 atom stereocenters. The second-order valence-corrected chi connectivity index (χ2v) is 7.41. The highest BCUT2D eigenvalue weighted by Gasteiger charge is 2.17. The molecule has 0 aliphatic rings. The topological polar surface area (TPSA) is 98.5 Å². The fraction of sp³-hybridized carbons (Fsp3) is 0.192. The summed E-state index contributed by atoms with van der Waals surface area (Å²) < 4.78 is 0. The number of rotatable bonds is 11. The van der Waals surface area contributed by atoms with E-state index in [9.17, 15) is 9.59 Å². The molecule has 0 aliphatic heterocycles. The Balaban J connectivity index is 1.81. The van der Waals surface area contributed by atoms with Crippen LogP contribution < -0.4 is 5.32 Å². The number of amides is 2. The Morgan fingerprint density at radius 3 is 2.79 bits per heavy atom. The van der Waals surface area contributed by atoms with Crippen LogP contribution in [0.3, 0.4) is 0 Å². The lowest BCUT2D eigenvalue weighted by atomic mass is 9.96. The van der Waals surface area contributed by atoms with Crippen LogP contribution >= 0.6 is 0 Å². The third-order valence-electron chi connectivity index (χ3n) is 5.21. The molecular formula is C26H27N5O2. The summed E-state index contributed by atoms with van der Waals surface area (Å²) in [4.78, 5) is 34.0. The molecule has 1 heterocycles. The molecule has 0 radical (unpaired) electrons. The van der Waals surface area contributed by atoms with Gasteiger partial charge in [-0.1, -0.05) is 36.4 Å². The number of hydrogen-bond acceptors (Lipinski definition) is 5. The van der Waals surface area contributed by atoms with E-state index in [1.54, 1.807) is 17.3 Å². The number of benzene rings is 2. The van der Waals surface area contributed by atoms with Crippen LogP contribution in [0.2, 0.25) is 0 Å². The standard InChI is InChI=1S/C26H27N5O2/c1-20-18-22(9-10-23(20)24-8-4-6-21-7-5-13-30-25(21)24)26(33)31(17-15-29-19-32)16-3-2-12-28-14-11-27/h2,4-14,18-19,27H,3,15-17H2,1H3,(H,29,32)/b12-2+,27-11?,28-14-. The molecule has 0 saturated carbocycles. The SMILES string of the molecule is Cc1cc(C(=O)N(CC/C=C/N=C\C=N)CCNC=O)ccc1-c1cccc2cccnc12. The number of aliphatic imine (C=N–C) groups is 1. The van der Waals surface area contributed by atoms with Gasteiger partial charge in [-0.05, 0) is 42.7 Å². The molecule has 7 nitrogen and oxygen atoms in total. The van der Waals surface area contributed by atoms with Gasteiger partial charge in [-0.15, -0.1) is 0 Å². The maximum Gasteiger partial charge on any atom is 0.253 e. The van der Waals surface area contributed by atoms with Gasteiger partial charge in [-0.25, -0.2) is 0 Å². The maximum absolute atomic E-state index is 13.2. The number of nitrogens with one attached hydrogen (secondary N) is 2. The number of nitrogens with zero attached hydrogens (tertiary/aromatic N) is 3. The van der Waals surface area contributed by atoms with Crippen molar-refractivity contribution in [1.82, 2.24) is 15.2 Å². The number of pyridine rings is 1. The molecule has 2 N–H and O–H groups in total. The van der Waals surface area contributed by atoms with Crippen LogP contribution in [0.4, 0.5) is 0 Å². The molecule has 3 rings (SSSR count). The lowest BCUT2D eigenvalue weighted by molar-refractivity contribution is -0.109. The summed E-state index contributed by atoms with van der Waals surface area (Å²) in [5.74, 6) is -0.0928. The molecule has 2 aromatic carbocycles. The van der Waals surface area contributed by atoms with Gasteiger partial charge in [0.15, 0.2) is 0 Å². The zero-order valence-electron chi connectivity index (χ0n) is 18.6. The van der Waals surface area contributed by atoms with Gasteiger partial charge in [0, 0.05) is 61.0 Å². The Bertz CT molecular complexity index is 1180. The van der Waals surface area contributed by atoms with E-state index in [0.29, 0.717) is 38.0 Å². The van der Waals surface area contributed by atoms with Gasteiger partial charge in [-0.3, -0.25) is 19.6 Å². The minimum Gasteiger partial charge on any atom is -0.357 e. The van der Waals surface area contributed by atoms with E-state index in [1.165, 1.54) is 6.21 Å². The molecule has 0 aliphatic carbocycles. The molecule has 0 spiro atoms. The fourth-order valence-electron chi connectivity index (χ4n) is 3.63. The molecular weight excluding hydrogens is 414 g/mol. The van der Waals surface area contributed by atoms with Crippen LogP contribution in [0.15, 0.2) is 72.0 Å². The number of fused-ring (bicyclic) bond motifs is 1. The molecule has 0 saturated heterocycles. The Labute approximate surface area is 193 Å². The van der Waals surface area contributed by atoms with E-state index < -0.39 is 0 Å². The molecule has 0 bridgehead atoms. The molecule has 0 fully saturated rings. The summed E-state index contributed by atoms with van der Waals surface area (Å²) in [7, 11) is 0. The molecule has 2 amide bonds. The van der Waals surface area contributed by atoms with Crippen molar-refractivity contribution in [2.75, 3.05) is 19.6 Å². The third-order valence-corrected chi connectivity index (χ3v) is 5.21. The highest BCUT2D eigenvalue weighted by Crippen LogP contribution is 2.30. The van der Waals surface area contributed by atoms with Gasteiger partial charge in [0.25, 0.3) is 5.91 Å². The maximum atomic E-state index is 13.2. The van der Waals surface area contributed by atoms with E-state index in [2.05, 4.69) is 15.3 Å². The molecule has 3 aromatic rings. The second kappa shape index (κ2) is 12.0. The van der Waals surface area contributed by atoms with Crippen LogP contribution in [0.5, 0.6) is 0 Å². The van der Waals surface area contributed by atoms with Crippen LogP contribution in [-0.4, -0.2) is 54.3 Å². The van der Waals surface area contributed by atoms with Crippen molar-refractivity contribution >= 4 is 35.6 Å². The quantitative estimate of drug-likeness (QED) is 0.267. The average molecular weight is 442 g/mol. The zero-order valence-corrected chi connectivity index (χ0v) is 18.6. The fourth-order valence-corrected chi connectivity index (χ4v) is 3.63. The van der Waals surface area contributed by atoms with Gasteiger partial charge >= 0.3 is 0 Å². The summed E-state index contributed by atoms with van der Waals surface area (Å²) in [6.07, 6.45) is 8.96. The van der Waals surface area contributed by atoms with Crippen molar-refractivity contribution in [3.8, 4) is 11.1 Å². The number of carbonyl (C=O) groups is 2. The largest absolute Gasteiger partial charge is 0.357 e. The van der Waals surface area contributed by atoms with E-state index >= 15 is 0 Å². The van der Waals surface area contributed by atoms with Gasteiger partial charge in [0.1, 0.15) is 0 Å². The van der Waals surface area contributed by atoms with Crippen LogP contribution in [0, 0.1) is 12.3 Å². The van der Waals surface area contributed by atoms with Gasteiger partial charge < -0.3 is 15.6 Å². The highest BCUT2D eigenvalue weighted by molar-refractivity contribution is 6.14. The first-order chi connectivity index (χ1) is 16.2. The molecule has 1 aromatic heterocycles. The van der Waals surface area contributed by atoms with Crippen molar-refractivity contribution < 1.29 is 9.59 Å². The normalized spacial score (nSPS) is 11.2. The Morgan fingerprint density at radius 1 is 1.15 bits per heavy atom. The first-order valence-corrected chi connectivity index (χ1v) is 10.7. The first kappa shape index (κ1) is 23.5. The van der Waals surface area contributed by atoms with Gasteiger partial charge in [-0.2, -0.15) is 0 Å². The number of aromatic nitrogens is 1. The second-order valence-electron chi connectivity index (χ2n) is 7.41. The lowest BCUT2D eigenvalue weighted by Crippen LogP contribution is -2.37. The van der Waals surface area contributed by atoms with E-state index in [4.69, 9.17) is 5.41 Å². The van der Waals surface area contributed by atoms with Gasteiger partial charge in [0.05, 0.1) is 5.52 Å². The van der Waals surface area contributed by atoms with Gasteiger partial charge in [0.2, 0.25) is 6.41 Å². The minimum absolute atomic E-state index is 0.0928. The monoisotopic (exact) mass is 441 g/mol. The Morgan fingerprint density at radius 2 is 2.00 bits per heavy atom. The summed E-state index contributed by atoms with van der Waals surface area (Å²) in [6, 6.07) is 15.8. The van der Waals surface area contributed by atoms with Crippen LogP contribution in [0.25, 0.3) is 22.0 Å². The van der Waals surface area contributed by atoms with Crippen molar-refractivity contribution in [2.45, 2.75) is 13.3 Å². The molecule has 33 heavy (non-hydrogen) atoms. The predicted octanol–water partition coefficient (Wildman–Crippen LogP) is 4.02. The summed E-state index contributed by atoms with van der Waals surface area (Å²) in [5, 5.41) is 10.6. The molecule has 168 valence electrons. The van der Waals surface area contributed by atoms with Crippen molar-refractivity contribution in [2.24, 2.45) is 4.99 Å². The van der Waals surface area contributed by atoms with Crippen molar-refractivity contribution in [3.05, 3.63) is 78.1 Å². The van der Waals surface area contributed by atoms with Crippen molar-refractivity contribution in [3.63, 3.8) is 0 Å². The highest BCUT2D eigenvalue weighted by atomic mass is 16.2. The first-order valence-electron chi connectivity index (χ1n) is 10.7. The predicted molar refractivity (Wildman–Crippen MR) is 133 cm³/mol. The average Bonchev–Trinajstić information content (AvgIpc) is 2.84. The molecule has 0 unspecified atom stereocenters. The Kier molecular flexibility index (Phi) is 8.59. The summed E-state index contributed by atoms with van der Waals surface area (Å²) >= 11 is 0. The van der Waals surface area contributed by atoms with E-state index in [1.807, 2.05) is 61.5 Å². The number of aryl methyl sites for hydroxylation is 1. The zero-order chi connectivity index (χ0) is 23.5. The Hall–Kier alpha value is -4.13. The number of carbonyl (C=O) groups excluding carboxylic acids is 2. The van der Waals surface area contributed by atoms with Crippen molar-refractivity contribution in [1.29, 1.82) is 5.41 Å². The number of para-hydroxylation sites is 1. The molecule has 7 heteroatoms. The minimum atomic E-state index is -0.0928. The lowest BCUT2D eigenvalue weighted by Gasteiger charge is -2.22. The van der Waals surface area contributed by atoms with E-state index in [-0.39, 0.29) is 5.91 Å². The smallest absolute Gasteiger partial charge is 0.253 e.